The van der Waals surface area contributed by atoms with Crippen LogP contribution in [0.3, 0.4) is 0 Å². The molecule has 5 heteroatoms. The molecule has 1 aromatic heterocycles. The van der Waals surface area contributed by atoms with E-state index in [1.54, 1.807) is 46.6 Å². The van der Waals surface area contributed by atoms with Gasteiger partial charge in [-0.1, -0.05) is 42.1 Å². The summed E-state index contributed by atoms with van der Waals surface area (Å²) < 4.78 is 2.94. The monoisotopic (exact) mass is 698 g/mol. The van der Waals surface area contributed by atoms with Crippen molar-refractivity contribution < 1.29 is 49.5 Å². The second kappa shape index (κ2) is 12.8. The molecule has 2 aliphatic heterocycles. The van der Waals surface area contributed by atoms with E-state index in [9.17, 15) is 0 Å². The van der Waals surface area contributed by atoms with Gasteiger partial charge in [-0.15, -0.1) is 0 Å². The number of nitrogens with zero attached hydrogens (tertiary/aromatic N) is 1. The van der Waals surface area contributed by atoms with E-state index in [4.69, 9.17) is 0 Å². The average Bonchev–Trinajstić information content (AvgIpc) is 3.68. The van der Waals surface area contributed by atoms with E-state index in [-0.39, 0.29) is 24.8 Å². The Bertz CT molecular complexity index is 1680. The van der Waals surface area contributed by atoms with E-state index in [0.717, 1.165) is 11.5 Å². The molecule has 0 amide bonds. The molecule has 219 valence electrons. The molecule has 2 unspecified atom stereocenters. The maximum atomic E-state index is 2.51. The standard InChI is InChI=1S/C22H23.C16H17NSi.2ClH.Zr/c1-16-14-20-8-5-9-21(22(20)15-16)19-12-10-18(11-13-19)17-6-3-2-4-7-17;1-11-15-13-9-17(12-7-5-4-6-8-12)10-14(13)16(11)18(15,2)3;;;/h5,8-15,17H,2-4,6-7H2,1H3;4-10,15H,1-3H3;2*1H;/q;;;;+2/p-2. The number of para-hydroxylation sites is 1. The van der Waals surface area contributed by atoms with E-state index in [0.29, 0.717) is 3.63 Å². The van der Waals surface area contributed by atoms with Crippen LogP contribution in [0.2, 0.25) is 13.1 Å². The summed E-state index contributed by atoms with van der Waals surface area (Å²) in [6.45, 7) is 9.61. The molecule has 4 aromatic rings. The van der Waals surface area contributed by atoms with Gasteiger partial charge in [0.25, 0.3) is 0 Å². The van der Waals surface area contributed by atoms with Gasteiger partial charge in [0, 0.05) is 23.6 Å². The molecule has 3 aromatic carbocycles. The van der Waals surface area contributed by atoms with Gasteiger partial charge >= 0.3 is 155 Å². The molecule has 9 rings (SSSR count). The third-order valence-corrected chi connectivity index (χ3v) is 16.3. The maximum absolute atomic E-state index is 2.51. The molecule has 1 saturated carbocycles. The van der Waals surface area contributed by atoms with E-state index in [2.05, 4.69) is 123 Å². The van der Waals surface area contributed by atoms with Crippen LogP contribution >= 0.6 is 0 Å². The van der Waals surface area contributed by atoms with Crippen LogP contribution in [0.5, 0.6) is 0 Å². The second-order valence-corrected chi connectivity index (χ2v) is 19.1. The molecule has 0 spiro atoms. The van der Waals surface area contributed by atoms with Crippen LogP contribution in [0, 0.1) is 0 Å². The summed E-state index contributed by atoms with van der Waals surface area (Å²) in [6, 6.07) is 26.9. The SMILES string of the molecule is CC1=C2c3cn(-c4ccccc4)cc3C1[Si]2(C)C.CC1=Cc2c(-c3ccc(C4CCCCC4)cc3)cccc2[CH]1[Zr+2].[Cl-].[Cl-]. The van der Waals surface area contributed by atoms with Crippen LogP contribution in [0.15, 0.2) is 96.3 Å². The summed E-state index contributed by atoms with van der Waals surface area (Å²) in [5, 5.41) is 1.72. The van der Waals surface area contributed by atoms with Gasteiger partial charge in [-0.3, -0.25) is 0 Å². The molecule has 0 radical (unpaired) electrons. The van der Waals surface area contributed by atoms with E-state index >= 15 is 0 Å². The number of hydrogen-bond acceptors (Lipinski definition) is 0. The number of aromatic nitrogens is 1. The Kier molecular flexibility index (Phi) is 9.70. The normalized spacial score (nSPS) is 20.9. The maximum Gasteiger partial charge on any atom is -1.00 e. The number of allylic oxidation sites excluding steroid dienone is 2. The van der Waals surface area contributed by atoms with Gasteiger partial charge in [-0.2, -0.15) is 0 Å². The summed E-state index contributed by atoms with van der Waals surface area (Å²) in [5.41, 5.74) is 15.6. The molecule has 3 aliphatic carbocycles. The van der Waals surface area contributed by atoms with Crippen LogP contribution in [0.4, 0.5) is 0 Å². The van der Waals surface area contributed by atoms with Crippen molar-refractivity contribution in [2.75, 3.05) is 0 Å². The van der Waals surface area contributed by atoms with Crippen LogP contribution in [-0.2, 0) is 24.7 Å². The fourth-order valence-corrected chi connectivity index (χ4v) is 13.5. The van der Waals surface area contributed by atoms with E-state index in [1.807, 2.05) is 0 Å². The van der Waals surface area contributed by atoms with Crippen molar-refractivity contribution in [2.24, 2.45) is 0 Å². The molecular formula is C38H40Cl2NSiZr. The number of hydrogen-bond donors (Lipinski definition) is 0. The predicted molar refractivity (Wildman–Crippen MR) is 173 cm³/mol. The Balaban J connectivity index is 0.000000168. The summed E-state index contributed by atoms with van der Waals surface area (Å²) in [4.78, 5) is 0. The number of rotatable bonds is 3. The van der Waals surface area contributed by atoms with Crippen LogP contribution in [0.1, 0.15) is 88.9 Å². The molecule has 5 aliphatic rings. The van der Waals surface area contributed by atoms with E-state index in [1.165, 1.54) is 71.2 Å². The van der Waals surface area contributed by atoms with Gasteiger partial charge in [0.05, 0.1) is 8.07 Å². The zero-order valence-electron chi connectivity index (χ0n) is 25.6. The van der Waals surface area contributed by atoms with Crippen molar-refractivity contribution in [3.63, 3.8) is 0 Å². The number of fused-ring (bicyclic) bond motifs is 1. The molecule has 2 atom stereocenters. The molecular weight excluding hydrogens is 661 g/mol. The van der Waals surface area contributed by atoms with Crippen LogP contribution < -0.4 is 24.8 Å². The Morgan fingerprint density at radius 3 is 2.09 bits per heavy atom. The summed E-state index contributed by atoms with van der Waals surface area (Å²) in [5.74, 6) is 0.797. The minimum Gasteiger partial charge on any atom is -1.00 e. The van der Waals surface area contributed by atoms with Crippen molar-refractivity contribution in [3.05, 3.63) is 124 Å². The first-order valence-corrected chi connectivity index (χ1v) is 20.0. The molecule has 3 heterocycles. The largest absolute Gasteiger partial charge is 1.00 e. The van der Waals surface area contributed by atoms with Gasteiger partial charge < -0.3 is 29.4 Å². The predicted octanol–water partition coefficient (Wildman–Crippen LogP) is 4.56. The van der Waals surface area contributed by atoms with Gasteiger partial charge in [0.1, 0.15) is 0 Å². The van der Waals surface area contributed by atoms with Crippen LogP contribution in [-0.4, -0.2) is 12.6 Å². The molecule has 0 N–H and O–H groups in total. The van der Waals surface area contributed by atoms with Gasteiger partial charge in [-0.25, -0.2) is 0 Å². The topological polar surface area (TPSA) is 4.93 Å². The Labute approximate surface area is 286 Å². The van der Waals surface area contributed by atoms with E-state index < -0.39 is 8.07 Å². The van der Waals surface area contributed by atoms with Gasteiger partial charge in [0.15, 0.2) is 0 Å². The third kappa shape index (κ3) is 5.58. The fraction of sp³-hybridized carbons (Fsp3) is 0.316. The molecule has 1 nitrogen and oxygen atoms in total. The van der Waals surface area contributed by atoms with Crippen molar-refractivity contribution in [1.82, 2.24) is 4.57 Å². The van der Waals surface area contributed by atoms with Crippen molar-refractivity contribution in [2.45, 2.75) is 74.1 Å². The van der Waals surface area contributed by atoms with Crippen molar-refractivity contribution >= 4 is 19.3 Å². The molecule has 43 heavy (non-hydrogen) atoms. The summed E-state index contributed by atoms with van der Waals surface area (Å²) in [7, 11) is -1.12. The molecule has 2 bridgehead atoms. The van der Waals surface area contributed by atoms with Crippen molar-refractivity contribution in [1.29, 1.82) is 0 Å². The molecule has 1 fully saturated rings. The first-order valence-electron chi connectivity index (χ1n) is 15.5. The number of benzene rings is 3. The average molecular weight is 701 g/mol. The Morgan fingerprint density at radius 1 is 0.744 bits per heavy atom. The zero-order valence-corrected chi connectivity index (χ0v) is 30.6. The minimum atomic E-state index is -1.12. The second-order valence-electron chi connectivity index (χ2n) is 13.2. The van der Waals surface area contributed by atoms with Crippen molar-refractivity contribution in [3.8, 4) is 16.8 Å². The Morgan fingerprint density at radius 2 is 1.44 bits per heavy atom. The fourth-order valence-electron chi connectivity index (χ4n) is 8.27. The van der Waals surface area contributed by atoms with Gasteiger partial charge in [0.2, 0.25) is 0 Å². The van der Waals surface area contributed by atoms with Crippen LogP contribution in [0.25, 0.3) is 28.1 Å². The Hall–Kier alpha value is -1.90. The summed E-state index contributed by atoms with van der Waals surface area (Å²) in [6.07, 6.45) is 14.1. The summed E-state index contributed by atoms with van der Waals surface area (Å²) >= 11 is 1.60. The zero-order chi connectivity index (χ0) is 28.3. The first-order chi connectivity index (χ1) is 19.8. The third-order valence-electron chi connectivity index (χ3n) is 10.3. The first kappa shape index (κ1) is 32.5. The number of halogens is 2. The quantitative estimate of drug-likeness (QED) is 0.277. The molecule has 0 saturated heterocycles. The minimum absolute atomic E-state index is 0. The smallest absolute Gasteiger partial charge is 1.00 e. The van der Waals surface area contributed by atoms with Gasteiger partial charge in [-0.05, 0) is 30.2 Å².